The molecule has 1 aromatic heterocycles. The molecule has 0 aliphatic rings. The summed E-state index contributed by atoms with van der Waals surface area (Å²) in [5.74, 6) is 0. The summed E-state index contributed by atoms with van der Waals surface area (Å²) < 4.78 is 0. The van der Waals surface area contributed by atoms with Gasteiger partial charge in [0.05, 0.1) is 12.1 Å². The van der Waals surface area contributed by atoms with E-state index in [2.05, 4.69) is 20.8 Å². The van der Waals surface area contributed by atoms with Crippen molar-refractivity contribution in [2.75, 3.05) is 11.9 Å². The van der Waals surface area contributed by atoms with Gasteiger partial charge in [-0.1, -0.05) is 32.1 Å². The van der Waals surface area contributed by atoms with Crippen LogP contribution < -0.4 is 10.6 Å². The Kier molecular flexibility index (Phi) is 4.28. The fourth-order valence-corrected chi connectivity index (χ4v) is 1.85. The fourth-order valence-electron chi connectivity index (χ4n) is 1.05. The van der Waals surface area contributed by atoms with Crippen LogP contribution in [0, 0.1) is 0 Å². The number of hydrogen-bond acceptors (Lipinski definition) is 5. The first-order valence-electron chi connectivity index (χ1n) is 5.68. The van der Waals surface area contributed by atoms with Crippen LogP contribution in [0.25, 0.3) is 0 Å². The van der Waals surface area contributed by atoms with Crippen molar-refractivity contribution < 1.29 is 9.90 Å². The molecule has 3 N–H and O–H groups in total. The van der Waals surface area contributed by atoms with Gasteiger partial charge >= 0.3 is 6.03 Å². The number of aliphatic hydroxyl groups excluding tert-OH is 1. The van der Waals surface area contributed by atoms with Gasteiger partial charge in [0.2, 0.25) is 5.13 Å². The summed E-state index contributed by atoms with van der Waals surface area (Å²) in [6.07, 6.45) is 0. The van der Waals surface area contributed by atoms with Crippen molar-refractivity contribution in [2.45, 2.75) is 45.6 Å². The molecule has 0 atom stereocenters. The molecule has 0 spiro atoms. The van der Waals surface area contributed by atoms with Gasteiger partial charge in [-0.25, -0.2) is 4.79 Å². The van der Waals surface area contributed by atoms with Gasteiger partial charge < -0.3 is 10.4 Å². The molecule has 0 saturated heterocycles. The molecule has 0 radical (unpaired) electrons. The highest BCUT2D eigenvalue weighted by molar-refractivity contribution is 7.15. The van der Waals surface area contributed by atoms with Gasteiger partial charge in [0.15, 0.2) is 0 Å². The molecule has 0 fully saturated rings. The van der Waals surface area contributed by atoms with E-state index >= 15 is 0 Å². The van der Waals surface area contributed by atoms with Gasteiger partial charge in [-0.3, -0.25) is 5.32 Å². The third-order valence-corrected chi connectivity index (χ3v) is 3.40. The molecule has 2 amide bonds. The van der Waals surface area contributed by atoms with E-state index in [0.29, 0.717) is 5.13 Å². The van der Waals surface area contributed by atoms with Crippen LogP contribution in [0.4, 0.5) is 9.93 Å². The number of aliphatic hydroxyl groups is 1. The molecule has 6 nitrogen and oxygen atoms in total. The smallest absolute Gasteiger partial charge is 0.321 e. The van der Waals surface area contributed by atoms with Crippen LogP contribution in [0.15, 0.2) is 0 Å². The topological polar surface area (TPSA) is 87.1 Å². The third-order valence-electron chi connectivity index (χ3n) is 2.13. The zero-order chi connectivity index (χ0) is 14.0. The summed E-state index contributed by atoms with van der Waals surface area (Å²) in [6.45, 7) is 9.43. The Bertz CT molecular complexity index is 423. The number of hydrogen-bond donors (Lipinski definition) is 3. The number of aromatic nitrogens is 2. The van der Waals surface area contributed by atoms with E-state index < -0.39 is 11.6 Å². The van der Waals surface area contributed by atoms with Gasteiger partial charge in [0, 0.05) is 5.41 Å². The molecule has 0 aromatic carbocycles. The molecule has 0 aliphatic heterocycles. The summed E-state index contributed by atoms with van der Waals surface area (Å²) in [4.78, 5) is 11.7. The highest BCUT2D eigenvalue weighted by Crippen LogP contribution is 2.27. The highest BCUT2D eigenvalue weighted by Gasteiger charge is 2.22. The van der Waals surface area contributed by atoms with Crippen LogP contribution >= 0.6 is 11.3 Å². The van der Waals surface area contributed by atoms with Gasteiger partial charge in [0.25, 0.3) is 0 Å². The van der Waals surface area contributed by atoms with Crippen LogP contribution in [0.2, 0.25) is 0 Å². The summed E-state index contributed by atoms with van der Waals surface area (Å²) >= 11 is 1.35. The molecule has 102 valence electrons. The lowest BCUT2D eigenvalue weighted by atomic mass is 9.98. The zero-order valence-corrected chi connectivity index (χ0v) is 12.2. The van der Waals surface area contributed by atoms with Gasteiger partial charge in [0.1, 0.15) is 5.01 Å². The number of amides is 2. The number of rotatable bonds is 3. The Morgan fingerprint density at radius 1 is 1.28 bits per heavy atom. The average molecular weight is 272 g/mol. The van der Waals surface area contributed by atoms with Crippen LogP contribution in [0.5, 0.6) is 0 Å². The highest BCUT2D eigenvalue weighted by atomic mass is 32.1. The van der Waals surface area contributed by atoms with Gasteiger partial charge in [-0.15, -0.1) is 10.2 Å². The average Bonchev–Trinajstić information content (AvgIpc) is 2.64. The maximum atomic E-state index is 11.7. The third kappa shape index (κ3) is 4.23. The van der Waals surface area contributed by atoms with Crippen molar-refractivity contribution in [3.63, 3.8) is 0 Å². The van der Waals surface area contributed by atoms with Crippen molar-refractivity contribution in [3.05, 3.63) is 5.01 Å². The van der Waals surface area contributed by atoms with E-state index in [4.69, 9.17) is 5.11 Å². The lowest BCUT2D eigenvalue weighted by Crippen LogP contribution is -2.48. The zero-order valence-electron chi connectivity index (χ0n) is 11.4. The van der Waals surface area contributed by atoms with Crippen LogP contribution in [-0.4, -0.2) is 33.5 Å². The molecule has 1 heterocycles. The van der Waals surface area contributed by atoms with Crippen molar-refractivity contribution in [1.82, 2.24) is 15.5 Å². The monoisotopic (exact) mass is 272 g/mol. The number of nitrogens with zero attached hydrogens (tertiary/aromatic N) is 2. The van der Waals surface area contributed by atoms with Crippen molar-refractivity contribution in [3.8, 4) is 0 Å². The second-order valence-electron chi connectivity index (χ2n) is 5.78. The predicted octanol–water partition coefficient (Wildman–Crippen LogP) is 1.73. The summed E-state index contributed by atoms with van der Waals surface area (Å²) in [5, 5.41) is 23.6. The van der Waals surface area contributed by atoms with E-state index in [-0.39, 0.29) is 12.0 Å². The molecule has 1 rings (SSSR count). The number of urea groups is 1. The van der Waals surface area contributed by atoms with E-state index in [0.717, 1.165) is 5.01 Å². The SMILES string of the molecule is CC(C)(CO)NC(=O)Nc1nnc(C(C)(C)C)s1. The Labute approximate surface area is 111 Å². The Morgan fingerprint density at radius 2 is 1.89 bits per heavy atom. The molecular formula is C11H20N4O2S. The van der Waals surface area contributed by atoms with E-state index in [1.807, 2.05) is 20.8 Å². The van der Waals surface area contributed by atoms with E-state index in [1.165, 1.54) is 11.3 Å². The number of nitrogens with one attached hydrogen (secondary N) is 2. The molecule has 0 unspecified atom stereocenters. The number of carbonyl (C=O) groups excluding carboxylic acids is 1. The second-order valence-corrected chi connectivity index (χ2v) is 6.76. The molecule has 1 aromatic rings. The minimum atomic E-state index is -0.665. The first-order valence-corrected chi connectivity index (χ1v) is 6.50. The van der Waals surface area contributed by atoms with Crippen LogP contribution in [-0.2, 0) is 5.41 Å². The maximum Gasteiger partial charge on any atom is 0.321 e. The molecule has 0 aliphatic carbocycles. The lowest BCUT2D eigenvalue weighted by molar-refractivity contribution is 0.187. The first-order chi connectivity index (χ1) is 8.14. The van der Waals surface area contributed by atoms with Gasteiger partial charge in [-0.2, -0.15) is 0 Å². The quantitative estimate of drug-likeness (QED) is 0.782. The maximum absolute atomic E-state index is 11.7. The summed E-state index contributed by atoms with van der Waals surface area (Å²) in [5.41, 5.74) is -0.750. The minimum absolute atomic E-state index is 0.0849. The van der Waals surface area contributed by atoms with Gasteiger partial charge in [-0.05, 0) is 13.8 Å². The van der Waals surface area contributed by atoms with Crippen molar-refractivity contribution in [1.29, 1.82) is 0 Å². The summed E-state index contributed by atoms with van der Waals surface area (Å²) in [7, 11) is 0. The van der Waals surface area contributed by atoms with E-state index in [9.17, 15) is 4.79 Å². The molecule has 0 saturated carbocycles. The summed E-state index contributed by atoms with van der Waals surface area (Å²) in [6, 6.07) is -0.398. The van der Waals surface area contributed by atoms with E-state index in [1.54, 1.807) is 13.8 Å². The standard InChI is InChI=1S/C11H20N4O2S/c1-10(2,3)7-14-15-9(18-7)12-8(17)13-11(4,5)6-16/h16H,6H2,1-5H3,(H2,12,13,15,17). The number of anilines is 1. The molecule has 0 bridgehead atoms. The number of carbonyl (C=O) groups is 1. The molecule has 18 heavy (non-hydrogen) atoms. The fraction of sp³-hybridized carbons (Fsp3) is 0.727. The van der Waals surface area contributed by atoms with Crippen molar-refractivity contribution >= 4 is 22.5 Å². The Morgan fingerprint density at radius 3 is 2.33 bits per heavy atom. The predicted molar refractivity (Wildman–Crippen MR) is 71.9 cm³/mol. The molecular weight excluding hydrogens is 252 g/mol. The first kappa shape index (κ1) is 14.8. The van der Waals surface area contributed by atoms with Crippen LogP contribution in [0.1, 0.15) is 39.6 Å². The second kappa shape index (κ2) is 5.19. The van der Waals surface area contributed by atoms with Crippen molar-refractivity contribution in [2.24, 2.45) is 0 Å². The lowest BCUT2D eigenvalue weighted by Gasteiger charge is -2.22. The normalized spacial score (nSPS) is 12.3. The largest absolute Gasteiger partial charge is 0.394 e. The molecule has 7 heteroatoms. The Balaban J connectivity index is 2.64. The van der Waals surface area contributed by atoms with Crippen LogP contribution in [0.3, 0.4) is 0 Å². The Hall–Kier alpha value is -1.21. The minimum Gasteiger partial charge on any atom is -0.394 e.